The number of carbonyl (C=O) groups excluding carboxylic acids is 1. The fourth-order valence-electron chi connectivity index (χ4n) is 4.54. The standard InChI is InChI=1S/C23H31F3N3O5P/c1-3-15(4-2)29-19-11-18(28-14-8-6-5-7-9-14)17(24)10-16(19)21(30)12-20(29)22(31)27-13-23(25,26)35(32,33)34/h10-12,14-15,28H,3-9,13H2,1-2H3,(H,27,31)(H2,32,33,34). The van der Waals surface area contributed by atoms with E-state index in [0.29, 0.717) is 12.8 Å². The van der Waals surface area contributed by atoms with Gasteiger partial charge in [0, 0.05) is 23.5 Å². The molecule has 2 aromatic rings. The highest BCUT2D eigenvalue weighted by Gasteiger charge is 2.48. The minimum absolute atomic E-state index is 0.0423. The molecule has 35 heavy (non-hydrogen) atoms. The number of nitrogens with one attached hydrogen (secondary N) is 2. The summed E-state index contributed by atoms with van der Waals surface area (Å²) in [7, 11) is -5.80. The number of pyridine rings is 1. The van der Waals surface area contributed by atoms with E-state index in [4.69, 9.17) is 9.79 Å². The van der Waals surface area contributed by atoms with Crippen LogP contribution < -0.4 is 16.1 Å². The molecular formula is C23H31F3N3O5P. The molecule has 0 aliphatic heterocycles. The molecule has 0 radical (unpaired) electrons. The van der Waals surface area contributed by atoms with Crippen LogP contribution in [0.2, 0.25) is 0 Å². The topological polar surface area (TPSA) is 121 Å². The van der Waals surface area contributed by atoms with Crippen LogP contribution in [-0.4, -0.2) is 38.5 Å². The van der Waals surface area contributed by atoms with Crippen molar-refractivity contribution in [3.63, 3.8) is 0 Å². The van der Waals surface area contributed by atoms with E-state index < -0.39 is 37.0 Å². The molecule has 1 aromatic carbocycles. The summed E-state index contributed by atoms with van der Waals surface area (Å²) in [5, 5.41) is 5.08. The molecule has 194 valence electrons. The van der Waals surface area contributed by atoms with Crippen LogP contribution in [-0.2, 0) is 4.57 Å². The number of hydrogen-bond donors (Lipinski definition) is 4. The monoisotopic (exact) mass is 517 g/mol. The van der Waals surface area contributed by atoms with Gasteiger partial charge < -0.3 is 25.0 Å². The number of benzene rings is 1. The number of halogens is 3. The van der Waals surface area contributed by atoms with Gasteiger partial charge in [0.05, 0.1) is 17.7 Å². The molecule has 4 N–H and O–H groups in total. The number of amides is 1. The van der Waals surface area contributed by atoms with Gasteiger partial charge in [-0.15, -0.1) is 0 Å². The van der Waals surface area contributed by atoms with Crippen molar-refractivity contribution in [2.45, 2.75) is 76.5 Å². The zero-order valence-electron chi connectivity index (χ0n) is 19.7. The molecule has 1 aliphatic rings. The van der Waals surface area contributed by atoms with Gasteiger partial charge in [0.1, 0.15) is 11.5 Å². The third-order valence-electron chi connectivity index (χ3n) is 6.53. The van der Waals surface area contributed by atoms with E-state index in [0.717, 1.165) is 44.2 Å². The predicted molar refractivity (Wildman–Crippen MR) is 128 cm³/mol. The van der Waals surface area contributed by atoms with Crippen molar-refractivity contribution in [3.8, 4) is 0 Å². The first-order chi connectivity index (χ1) is 16.4. The third-order valence-corrected chi connectivity index (χ3v) is 7.54. The lowest BCUT2D eigenvalue weighted by Crippen LogP contribution is -2.38. The maximum Gasteiger partial charge on any atom is 0.396 e. The summed E-state index contributed by atoms with van der Waals surface area (Å²) in [6.07, 6.45) is 5.97. The van der Waals surface area contributed by atoms with E-state index in [1.165, 1.54) is 10.6 Å². The highest BCUT2D eigenvalue weighted by molar-refractivity contribution is 7.53. The predicted octanol–water partition coefficient (Wildman–Crippen LogP) is 4.75. The Hall–Kier alpha value is -2.36. The van der Waals surface area contributed by atoms with Gasteiger partial charge in [-0.1, -0.05) is 33.1 Å². The largest absolute Gasteiger partial charge is 0.396 e. The summed E-state index contributed by atoms with van der Waals surface area (Å²) < 4.78 is 55.0. The Balaban J connectivity index is 2.11. The molecule has 1 amide bonds. The van der Waals surface area contributed by atoms with Crippen molar-refractivity contribution < 1.29 is 32.3 Å². The molecule has 0 unspecified atom stereocenters. The number of aromatic nitrogens is 1. The Morgan fingerprint density at radius 3 is 2.37 bits per heavy atom. The first kappa shape index (κ1) is 27.2. The highest BCUT2D eigenvalue weighted by atomic mass is 31.2. The van der Waals surface area contributed by atoms with Crippen molar-refractivity contribution in [2.75, 3.05) is 11.9 Å². The number of nitrogens with zero attached hydrogens (tertiary/aromatic N) is 1. The molecule has 1 fully saturated rings. The number of hydrogen-bond acceptors (Lipinski definition) is 4. The second-order valence-electron chi connectivity index (χ2n) is 8.96. The Kier molecular flexibility index (Phi) is 8.34. The molecule has 0 atom stereocenters. The van der Waals surface area contributed by atoms with Crippen LogP contribution in [0.15, 0.2) is 23.0 Å². The van der Waals surface area contributed by atoms with E-state index in [1.54, 1.807) is 0 Å². The van der Waals surface area contributed by atoms with Gasteiger partial charge in [0.15, 0.2) is 5.43 Å². The zero-order chi connectivity index (χ0) is 26.0. The summed E-state index contributed by atoms with van der Waals surface area (Å²) in [6, 6.07) is 3.28. The summed E-state index contributed by atoms with van der Waals surface area (Å²) in [5.74, 6) is -1.69. The summed E-state index contributed by atoms with van der Waals surface area (Å²) >= 11 is 0. The zero-order valence-corrected chi connectivity index (χ0v) is 20.6. The lowest BCUT2D eigenvalue weighted by atomic mass is 9.95. The molecule has 1 aromatic heterocycles. The van der Waals surface area contributed by atoms with E-state index in [1.807, 2.05) is 19.2 Å². The molecule has 12 heteroatoms. The fraction of sp³-hybridized carbons (Fsp3) is 0.565. The second kappa shape index (κ2) is 10.7. The number of rotatable bonds is 9. The van der Waals surface area contributed by atoms with Crippen molar-refractivity contribution in [1.82, 2.24) is 9.88 Å². The van der Waals surface area contributed by atoms with Gasteiger partial charge in [0.2, 0.25) is 0 Å². The van der Waals surface area contributed by atoms with E-state index >= 15 is 0 Å². The number of alkyl halides is 2. The molecule has 3 rings (SSSR count). The first-order valence-corrected chi connectivity index (χ1v) is 13.4. The molecule has 0 spiro atoms. The van der Waals surface area contributed by atoms with Gasteiger partial charge in [-0.2, -0.15) is 8.78 Å². The van der Waals surface area contributed by atoms with Gasteiger partial charge in [-0.3, -0.25) is 14.2 Å². The van der Waals surface area contributed by atoms with Crippen molar-refractivity contribution >= 4 is 30.1 Å². The maximum atomic E-state index is 14.9. The molecular weight excluding hydrogens is 486 g/mol. The van der Waals surface area contributed by atoms with Crippen molar-refractivity contribution in [3.05, 3.63) is 39.9 Å². The summed E-state index contributed by atoms with van der Waals surface area (Å²) in [5.41, 5.74) is -4.92. The van der Waals surface area contributed by atoms with Crippen LogP contribution >= 0.6 is 7.60 Å². The van der Waals surface area contributed by atoms with Gasteiger partial charge in [-0.25, -0.2) is 4.39 Å². The molecule has 1 heterocycles. The summed E-state index contributed by atoms with van der Waals surface area (Å²) in [4.78, 5) is 43.4. The van der Waals surface area contributed by atoms with Gasteiger partial charge >= 0.3 is 13.3 Å². The first-order valence-electron chi connectivity index (χ1n) is 11.8. The smallest absolute Gasteiger partial charge is 0.380 e. The quantitative estimate of drug-likeness (QED) is 0.357. The SMILES string of the molecule is CCC(CC)n1c(C(=O)NCC(F)(F)P(=O)(O)O)cc(=O)c2cc(F)c(NC3CCCCC3)cc21. The van der Waals surface area contributed by atoms with Crippen molar-refractivity contribution in [2.24, 2.45) is 0 Å². The van der Waals surface area contributed by atoms with E-state index in [2.05, 4.69) is 5.32 Å². The van der Waals surface area contributed by atoms with Crippen LogP contribution in [0, 0.1) is 5.82 Å². The van der Waals surface area contributed by atoms with Gasteiger partial charge in [-0.05, 0) is 37.8 Å². The van der Waals surface area contributed by atoms with Crippen LogP contribution in [0.4, 0.5) is 18.9 Å². The Labute approximate surface area is 201 Å². The maximum absolute atomic E-state index is 14.9. The third kappa shape index (κ3) is 5.90. The van der Waals surface area contributed by atoms with Gasteiger partial charge in [0.25, 0.3) is 5.91 Å². The van der Waals surface area contributed by atoms with Crippen LogP contribution in [0.25, 0.3) is 10.9 Å². The average Bonchev–Trinajstić information content (AvgIpc) is 2.80. The average molecular weight is 517 g/mol. The Morgan fingerprint density at radius 2 is 1.80 bits per heavy atom. The molecule has 8 nitrogen and oxygen atoms in total. The number of fused-ring (bicyclic) bond motifs is 1. The Bertz CT molecular complexity index is 1190. The van der Waals surface area contributed by atoms with Crippen LogP contribution in [0.3, 0.4) is 0 Å². The second-order valence-corrected chi connectivity index (χ2v) is 10.7. The lowest BCUT2D eigenvalue weighted by molar-refractivity contribution is 0.0544. The molecule has 0 saturated heterocycles. The number of carbonyl (C=O) groups is 1. The number of anilines is 1. The molecule has 1 aliphatic carbocycles. The van der Waals surface area contributed by atoms with Crippen LogP contribution in [0.1, 0.15) is 75.3 Å². The minimum Gasteiger partial charge on any atom is -0.380 e. The summed E-state index contributed by atoms with van der Waals surface area (Å²) in [6.45, 7) is 2.10. The highest BCUT2D eigenvalue weighted by Crippen LogP contribution is 2.52. The minimum atomic E-state index is -5.80. The van der Waals surface area contributed by atoms with Crippen LogP contribution in [0.5, 0.6) is 0 Å². The lowest BCUT2D eigenvalue weighted by Gasteiger charge is -2.27. The van der Waals surface area contributed by atoms with Crippen molar-refractivity contribution in [1.29, 1.82) is 0 Å². The fourth-order valence-corrected chi connectivity index (χ4v) is 4.82. The normalized spacial score (nSPS) is 15.5. The molecule has 1 saturated carbocycles. The Morgan fingerprint density at radius 1 is 1.17 bits per heavy atom. The van der Waals surface area contributed by atoms with E-state index in [-0.39, 0.29) is 34.4 Å². The van der Waals surface area contributed by atoms with E-state index in [9.17, 15) is 27.3 Å². The molecule has 0 bridgehead atoms.